The first-order chi connectivity index (χ1) is 15.6. The number of nitrogens with one attached hydrogen (secondary N) is 1. The number of sulfonamides is 1. The molecule has 1 N–H and O–H groups in total. The van der Waals surface area contributed by atoms with Crippen LogP contribution in [-0.2, 0) is 16.2 Å². The number of halogens is 4. The fourth-order valence-electron chi connectivity index (χ4n) is 3.84. The number of alkyl halides is 3. The minimum Gasteiger partial charge on any atom is -0.322 e. The molecule has 0 atom stereocenters. The zero-order chi connectivity index (χ0) is 23.8. The van der Waals surface area contributed by atoms with Crippen LogP contribution in [0.1, 0.15) is 35.2 Å². The standard InChI is InChI=1S/C22H19ClF3N3O3S/c23-17-9-8-14(12-19(17)33(31,32)29-10-4-1-5-11-29)28-21(30)16-13-27-18-7-3-2-6-15(18)20(16)22(24,25)26/h2-3,6-9,12-13H,1,4-5,10-11H2,(H,28,30). The van der Waals surface area contributed by atoms with Crippen molar-refractivity contribution in [3.8, 4) is 0 Å². The van der Waals surface area contributed by atoms with Crippen molar-refractivity contribution in [3.05, 3.63) is 64.8 Å². The highest BCUT2D eigenvalue weighted by atomic mass is 35.5. The topological polar surface area (TPSA) is 79.4 Å². The molecule has 1 aliphatic rings. The Morgan fingerprint density at radius 3 is 2.45 bits per heavy atom. The summed E-state index contributed by atoms with van der Waals surface area (Å²) in [6, 6.07) is 9.42. The SMILES string of the molecule is O=C(Nc1ccc(Cl)c(S(=O)(=O)N2CCCCC2)c1)c1cnc2ccccc2c1C(F)(F)F. The van der Waals surface area contributed by atoms with Gasteiger partial charge in [0.25, 0.3) is 5.91 Å². The summed E-state index contributed by atoms with van der Waals surface area (Å²) in [4.78, 5) is 16.6. The summed E-state index contributed by atoms with van der Waals surface area (Å²) >= 11 is 6.13. The number of rotatable bonds is 4. The molecule has 1 fully saturated rings. The lowest BCUT2D eigenvalue weighted by Gasteiger charge is -2.26. The second-order valence-electron chi connectivity index (χ2n) is 7.63. The number of hydrogen-bond donors (Lipinski definition) is 1. The van der Waals surface area contributed by atoms with E-state index in [4.69, 9.17) is 11.6 Å². The van der Waals surface area contributed by atoms with Gasteiger partial charge in [0.15, 0.2) is 0 Å². The Bertz CT molecular complexity index is 1320. The van der Waals surface area contributed by atoms with Crippen molar-refractivity contribution >= 4 is 44.1 Å². The molecule has 1 aliphatic heterocycles. The van der Waals surface area contributed by atoms with Crippen molar-refractivity contribution in [1.82, 2.24) is 9.29 Å². The smallest absolute Gasteiger partial charge is 0.322 e. The van der Waals surface area contributed by atoms with Crippen LogP contribution < -0.4 is 5.32 Å². The Morgan fingerprint density at radius 1 is 1.06 bits per heavy atom. The summed E-state index contributed by atoms with van der Waals surface area (Å²) in [6.45, 7) is 0.708. The second-order valence-corrected chi connectivity index (χ2v) is 9.94. The molecule has 0 saturated carbocycles. The predicted molar refractivity (Wildman–Crippen MR) is 119 cm³/mol. The molecule has 2 heterocycles. The normalized spacial score (nSPS) is 15.5. The number of para-hydroxylation sites is 1. The van der Waals surface area contributed by atoms with Gasteiger partial charge < -0.3 is 5.32 Å². The molecule has 33 heavy (non-hydrogen) atoms. The van der Waals surface area contributed by atoms with E-state index in [0.29, 0.717) is 13.1 Å². The zero-order valence-electron chi connectivity index (χ0n) is 17.2. The van der Waals surface area contributed by atoms with E-state index < -0.39 is 33.2 Å². The van der Waals surface area contributed by atoms with Gasteiger partial charge in [-0.15, -0.1) is 0 Å². The molecule has 0 spiro atoms. The van der Waals surface area contributed by atoms with Crippen molar-refractivity contribution in [3.63, 3.8) is 0 Å². The first-order valence-electron chi connectivity index (χ1n) is 10.1. The molecule has 2 aromatic carbocycles. The molecule has 6 nitrogen and oxygen atoms in total. The largest absolute Gasteiger partial charge is 0.417 e. The summed E-state index contributed by atoms with van der Waals surface area (Å²) < 4.78 is 68.9. The molecule has 1 saturated heterocycles. The van der Waals surface area contributed by atoms with Gasteiger partial charge in [-0.05, 0) is 37.1 Å². The van der Waals surface area contributed by atoms with E-state index >= 15 is 0 Å². The lowest BCUT2D eigenvalue weighted by atomic mass is 10.0. The van der Waals surface area contributed by atoms with Crippen molar-refractivity contribution in [1.29, 1.82) is 0 Å². The molecule has 4 rings (SSSR count). The van der Waals surface area contributed by atoms with Gasteiger partial charge >= 0.3 is 6.18 Å². The van der Waals surface area contributed by atoms with Gasteiger partial charge in [0, 0.05) is 30.4 Å². The Balaban J connectivity index is 1.70. The third-order valence-electron chi connectivity index (χ3n) is 5.43. The molecule has 11 heteroatoms. The number of fused-ring (bicyclic) bond motifs is 1. The third kappa shape index (κ3) is 4.68. The van der Waals surface area contributed by atoms with Gasteiger partial charge in [-0.3, -0.25) is 9.78 Å². The van der Waals surface area contributed by atoms with Crippen LogP contribution in [0.2, 0.25) is 5.02 Å². The molecule has 0 bridgehead atoms. The van der Waals surface area contributed by atoms with Crippen LogP contribution >= 0.6 is 11.6 Å². The van der Waals surface area contributed by atoms with E-state index in [1.54, 1.807) is 6.07 Å². The maximum atomic E-state index is 13.8. The van der Waals surface area contributed by atoms with E-state index in [1.165, 1.54) is 34.6 Å². The number of piperidine rings is 1. The number of carbonyl (C=O) groups excluding carboxylic acids is 1. The van der Waals surface area contributed by atoms with Crippen molar-refractivity contribution in [2.45, 2.75) is 30.3 Å². The van der Waals surface area contributed by atoms with E-state index in [2.05, 4.69) is 10.3 Å². The van der Waals surface area contributed by atoms with Crippen LogP contribution in [0.15, 0.2) is 53.6 Å². The number of amides is 1. The molecular formula is C22H19ClF3N3O3S. The first kappa shape index (κ1) is 23.5. The minimum atomic E-state index is -4.81. The van der Waals surface area contributed by atoms with E-state index in [1.807, 2.05) is 0 Å². The highest BCUT2D eigenvalue weighted by Gasteiger charge is 2.38. The Labute approximate surface area is 193 Å². The second kappa shape index (κ2) is 8.92. The molecule has 0 radical (unpaired) electrons. The van der Waals surface area contributed by atoms with E-state index in [9.17, 15) is 26.4 Å². The zero-order valence-corrected chi connectivity index (χ0v) is 18.8. The Kier molecular flexibility index (Phi) is 6.35. The van der Waals surface area contributed by atoms with Gasteiger partial charge in [0.1, 0.15) is 4.90 Å². The molecular weight excluding hydrogens is 479 g/mol. The van der Waals surface area contributed by atoms with Gasteiger partial charge in [-0.2, -0.15) is 17.5 Å². The number of anilines is 1. The third-order valence-corrected chi connectivity index (χ3v) is 7.81. The van der Waals surface area contributed by atoms with Crippen LogP contribution in [0.3, 0.4) is 0 Å². The number of aromatic nitrogens is 1. The average molecular weight is 498 g/mol. The summed E-state index contributed by atoms with van der Waals surface area (Å²) in [7, 11) is -3.92. The maximum Gasteiger partial charge on any atom is 0.417 e. The highest BCUT2D eigenvalue weighted by molar-refractivity contribution is 7.89. The van der Waals surface area contributed by atoms with Crippen LogP contribution in [-0.4, -0.2) is 36.7 Å². The summed E-state index contributed by atoms with van der Waals surface area (Å²) in [5.74, 6) is -1.07. The number of benzene rings is 2. The van der Waals surface area contributed by atoms with Gasteiger partial charge in [-0.1, -0.05) is 36.2 Å². The fraction of sp³-hybridized carbons (Fsp3) is 0.273. The summed E-state index contributed by atoms with van der Waals surface area (Å²) in [5.41, 5.74) is -1.68. The van der Waals surface area contributed by atoms with E-state index in [-0.39, 0.29) is 26.5 Å². The Hall–Kier alpha value is -2.69. The lowest BCUT2D eigenvalue weighted by Crippen LogP contribution is -2.35. The predicted octanol–water partition coefficient (Wildman–Crippen LogP) is 5.33. The molecule has 3 aromatic rings. The maximum absolute atomic E-state index is 13.8. The quantitative estimate of drug-likeness (QED) is 0.528. The molecule has 1 amide bonds. The van der Waals surface area contributed by atoms with Crippen LogP contribution in [0.4, 0.5) is 18.9 Å². The molecule has 174 valence electrons. The Morgan fingerprint density at radius 2 is 1.76 bits per heavy atom. The van der Waals surface area contributed by atoms with Gasteiger partial charge in [-0.25, -0.2) is 8.42 Å². The minimum absolute atomic E-state index is 0.00117. The number of carbonyl (C=O) groups is 1. The number of pyridine rings is 1. The average Bonchev–Trinajstić information content (AvgIpc) is 2.79. The molecule has 1 aromatic heterocycles. The van der Waals surface area contributed by atoms with Crippen LogP contribution in [0.5, 0.6) is 0 Å². The first-order valence-corrected chi connectivity index (χ1v) is 12.0. The van der Waals surface area contributed by atoms with Crippen LogP contribution in [0.25, 0.3) is 10.9 Å². The number of nitrogens with zero attached hydrogens (tertiary/aromatic N) is 2. The highest BCUT2D eigenvalue weighted by Crippen LogP contribution is 2.37. The van der Waals surface area contributed by atoms with Gasteiger partial charge in [0.05, 0.1) is 21.7 Å². The van der Waals surface area contributed by atoms with Crippen molar-refractivity contribution in [2.75, 3.05) is 18.4 Å². The fourth-order valence-corrected chi connectivity index (χ4v) is 5.86. The van der Waals surface area contributed by atoms with Crippen molar-refractivity contribution < 1.29 is 26.4 Å². The van der Waals surface area contributed by atoms with E-state index in [0.717, 1.165) is 31.5 Å². The number of hydrogen-bond acceptors (Lipinski definition) is 4. The van der Waals surface area contributed by atoms with Gasteiger partial charge in [0.2, 0.25) is 10.0 Å². The van der Waals surface area contributed by atoms with Crippen molar-refractivity contribution in [2.24, 2.45) is 0 Å². The van der Waals surface area contributed by atoms with Crippen LogP contribution in [0, 0.1) is 0 Å². The molecule has 0 aliphatic carbocycles. The lowest BCUT2D eigenvalue weighted by molar-refractivity contribution is -0.136. The summed E-state index contributed by atoms with van der Waals surface area (Å²) in [5, 5.41) is 2.11. The summed E-state index contributed by atoms with van der Waals surface area (Å²) in [6.07, 6.45) is -1.57. The molecule has 0 unspecified atom stereocenters. The monoisotopic (exact) mass is 497 g/mol.